The number of aromatic nitrogens is 2. The van der Waals surface area contributed by atoms with Crippen LogP contribution in [0.4, 0.5) is 13.2 Å². The van der Waals surface area contributed by atoms with Crippen molar-refractivity contribution >= 4 is 38.4 Å². The molecule has 0 saturated heterocycles. The number of thiazole rings is 1. The van der Waals surface area contributed by atoms with E-state index < -0.39 is 23.4 Å². The molecule has 0 spiro atoms. The minimum absolute atomic E-state index is 0.0316. The fourth-order valence-electron chi connectivity index (χ4n) is 3.32. The Morgan fingerprint density at radius 2 is 1.96 bits per heavy atom. The summed E-state index contributed by atoms with van der Waals surface area (Å²) in [5, 5.41) is 10.5. The first-order valence-corrected chi connectivity index (χ1v) is 8.90. The highest BCUT2D eigenvalue weighted by atomic mass is 32.1. The molecule has 2 heterocycles. The van der Waals surface area contributed by atoms with Crippen LogP contribution in [0.15, 0.2) is 30.3 Å². The second-order valence-corrected chi connectivity index (χ2v) is 7.26. The van der Waals surface area contributed by atoms with Crippen molar-refractivity contribution in [1.82, 2.24) is 9.55 Å². The van der Waals surface area contributed by atoms with Gasteiger partial charge in [0, 0.05) is 29.1 Å². The molecule has 0 fully saturated rings. The predicted octanol–water partition coefficient (Wildman–Crippen LogP) is 4.65. The molecule has 8 heteroatoms. The van der Waals surface area contributed by atoms with E-state index in [2.05, 4.69) is 4.98 Å². The summed E-state index contributed by atoms with van der Waals surface area (Å²) in [7, 11) is 0. The summed E-state index contributed by atoms with van der Waals surface area (Å²) in [5.41, 5.74) is 2.01. The van der Waals surface area contributed by atoms with E-state index >= 15 is 0 Å². The van der Waals surface area contributed by atoms with E-state index in [1.807, 2.05) is 24.3 Å². The van der Waals surface area contributed by atoms with Gasteiger partial charge < -0.3 is 9.67 Å². The van der Waals surface area contributed by atoms with Crippen LogP contribution in [0, 0.1) is 24.4 Å². The topological polar surface area (TPSA) is 55.1 Å². The van der Waals surface area contributed by atoms with Gasteiger partial charge in [-0.25, -0.2) is 18.2 Å². The van der Waals surface area contributed by atoms with Crippen LogP contribution in [0.1, 0.15) is 16.3 Å². The number of carboxylic acids is 1. The molecule has 0 radical (unpaired) electrons. The van der Waals surface area contributed by atoms with E-state index in [9.17, 15) is 23.1 Å². The second kappa shape index (κ2) is 6.38. The van der Waals surface area contributed by atoms with E-state index in [1.54, 1.807) is 11.5 Å². The Bertz CT molecular complexity index is 1210. The van der Waals surface area contributed by atoms with E-state index in [1.165, 1.54) is 0 Å². The maximum atomic E-state index is 14.0. The molecule has 138 valence electrons. The van der Waals surface area contributed by atoms with Gasteiger partial charge in [-0.1, -0.05) is 18.2 Å². The predicted molar refractivity (Wildman–Crippen MR) is 96.6 cm³/mol. The van der Waals surface area contributed by atoms with Gasteiger partial charge in [0.05, 0.1) is 9.71 Å². The van der Waals surface area contributed by atoms with Gasteiger partial charge >= 0.3 is 5.97 Å². The van der Waals surface area contributed by atoms with Gasteiger partial charge in [-0.15, -0.1) is 11.3 Å². The number of para-hydroxylation sites is 1. The lowest BCUT2D eigenvalue weighted by molar-refractivity contribution is -0.137. The van der Waals surface area contributed by atoms with Gasteiger partial charge in [-0.2, -0.15) is 0 Å². The van der Waals surface area contributed by atoms with E-state index in [4.69, 9.17) is 0 Å². The average molecular weight is 390 g/mol. The van der Waals surface area contributed by atoms with Crippen molar-refractivity contribution in [3.8, 4) is 0 Å². The van der Waals surface area contributed by atoms with Crippen LogP contribution in [0.2, 0.25) is 0 Å². The van der Waals surface area contributed by atoms with Crippen molar-refractivity contribution in [2.75, 3.05) is 0 Å². The molecule has 0 aliphatic carbocycles. The molecule has 0 aliphatic rings. The first kappa shape index (κ1) is 17.5. The Labute approximate surface area is 155 Å². The van der Waals surface area contributed by atoms with Gasteiger partial charge in [0.1, 0.15) is 17.9 Å². The van der Waals surface area contributed by atoms with Gasteiger partial charge in [-0.05, 0) is 18.6 Å². The minimum atomic E-state index is -1.27. The summed E-state index contributed by atoms with van der Waals surface area (Å²) in [6.45, 7) is 1.60. The zero-order valence-corrected chi connectivity index (χ0v) is 14.9. The molecule has 4 rings (SSSR count). The summed E-state index contributed by atoms with van der Waals surface area (Å²) < 4.78 is 43.0. The lowest BCUT2D eigenvalue weighted by Gasteiger charge is -2.04. The normalized spacial score (nSPS) is 11.6. The molecule has 4 nitrogen and oxygen atoms in total. The molecule has 0 atom stereocenters. The van der Waals surface area contributed by atoms with Gasteiger partial charge in [0.25, 0.3) is 0 Å². The van der Waals surface area contributed by atoms with Crippen LogP contribution in [-0.2, 0) is 17.8 Å². The first-order valence-electron chi connectivity index (χ1n) is 8.08. The molecule has 0 amide bonds. The Kier molecular flexibility index (Phi) is 4.15. The first-order chi connectivity index (χ1) is 12.9. The number of halogens is 3. The highest BCUT2D eigenvalue weighted by molar-refractivity contribution is 7.18. The van der Waals surface area contributed by atoms with Crippen LogP contribution < -0.4 is 0 Å². The molecule has 1 N–H and O–H groups in total. The number of fused-ring (bicyclic) bond motifs is 2. The third-order valence-corrected chi connectivity index (χ3v) is 5.61. The maximum Gasteiger partial charge on any atom is 0.323 e. The lowest BCUT2D eigenvalue weighted by atomic mass is 10.1. The van der Waals surface area contributed by atoms with Crippen molar-refractivity contribution in [3.05, 3.63) is 64.0 Å². The molecular formula is C19H13F3N2O2S. The number of hydrogen-bond donors (Lipinski definition) is 1. The fourth-order valence-corrected chi connectivity index (χ4v) is 4.30. The summed E-state index contributed by atoms with van der Waals surface area (Å²) in [6, 6.07) is 7.86. The number of hydrogen-bond acceptors (Lipinski definition) is 3. The molecule has 4 aromatic rings. The molecule has 2 aromatic heterocycles. The second-order valence-electron chi connectivity index (χ2n) is 6.18. The average Bonchev–Trinajstić information content (AvgIpc) is 3.16. The quantitative estimate of drug-likeness (QED) is 0.516. The molecule has 27 heavy (non-hydrogen) atoms. The zero-order valence-electron chi connectivity index (χ0n) is 14.1. The highest BCUT2D eigenvalue weighted by Crippen LogP contribution is 2.33. The summed E-state index contributed by atoms with van der Waals surface area (Å²) in [5.74, 6) is -4.26. The van der Waals surface area contributed by atoms with Crippen LogP contribution in [0.5, 0.6) is 0 Å². The van der Waals surface area contributed by atoms with Crippen LogP contribution in [0.25, 0.3) is 21.1 Å². The van der Waals surface area contributed by atoms with Crippen molar-refractivity contribution < 1.29 is 23.1 Å². The molecular weight excluding hydrogens is 377 g/mol. The number of carbonyl (C=O) groups is 1. The van der Waals surface area contributed by atoms with Crippen molar-refractivity contribution in [2.45, 2.75) is 19.9 Å². The number of benzene rings is 2. The lowest BCUT2D eigenvalue weighted by Crippen LogP contribution is -2.10. The molecule has 0 unspecified atom stereocenters. The van der Waals surface area contributed by atoms with Crippen LogP contribution >= 0.6 is 11.3 Å². The molecule has 0 aliphatic heterocycles. The molecule has 0 saturated carbocycles. The van der Waals surface area contributed by atoms with E-state index in [0.717, 1.165) is 33.5 Å². The Morgan fingerprint density at radius 3 is 2.70 bits per heavy atom. The third-order valence-electron chi connectivity index (χ3n) is 4.54. The van der Waals surface area contributed by atoms with Gasteiger partial charge in [0.15, 0.2) is 11.6 Å². The zero-order chi connectivity index (χ0) is 19.3. The Morgan fingerprint density at radius 1 is 1.22 bits per heavy atom. The maximum absolute atomic E-state index is 14.0. The summed E-state index contributed by atoms with van der Waals surface area (Å²) >= 11 is 0.964. The van der Waals surface area contributed by atoms with Crippen LogP contribution in [-0.4, -0.2) is 20.6 Å². The number of nitrogens with zero attached hydrogens (tertiary/aromatic N) is 2. The number of carboxylic acid groups (broad SMARTS) is 1. The van der Waals surface area contributed by atoms with Crippen LogP contribution in [0.3, 0.4) is 0 Å². The highest BCUT2D eigenvalue weighted by Gasteiger charge is 2.20. The molecule has 2 aromatic carbocycles. The van der Waals surface area contributed by atoms with Crippen molar-refractivity contribution in [2.24, 2.45) is 0 Å². The monoisotopic (exact) mass is 390 g/mol. The fraction of sp³-hybridized carbons (Fsp3) is 0.158. The summed E-state index contributed by atoms with van der Waals surface area (Å²) in [6.07, 6.45) is 0.263. The minimum Gasteiger partial charge on any atom is -0.480 e. The van der Waals surface area contributed by atoms with Gasteiger partial charge in [0.2, 0.25) is 0 Å². The Hall–Kier alpha value is -2.87. The SMILES string of the molecule is Cc1c(Cc2nc3c(F)c(F)cc(F)c3s2)c2ccccc2n1CC(=O)O. The van der Waals surface area contributed by atoms with Crippen molar-refractivity contribution in [3.63, 3.8) is 0 Å². The van der Waals surface area contributed by atoms with Crippen molar-refractivity contribution in [1.29, 1.82) is 0 Å². The third kappa shape index (κ3) is 2.86. The molecule has 0 bridgehead atoms. The number of rotatable bonds is 4. The smallest absolute Gasteiger partial charge is 0.323 e. The van der Waals surface area contributed by atoms with E-state index in [-0.39, 0.29) is 23.2 Å². The largest absolute Gasteiger partial charge is 0.480 e. The van der Waals surface area contributed by atoms with E-state index in [0.29, 0.717) is 11.1 Å². The van der Waals surface area contributed by atoms with Gasteiger partial charge in [-0.3, -0.25) is 4.79 Å². The summed E-state index contributed by atoms with van der Waals surface area (Å²) in [4.78, 5) is 15.3. The number of aliphatic carboxylic acids is 1. The standard InChI is InChI=1S/C19H13F3N2O2S/c1-9-11(10-4-2-3-5-14(10)24(9)8-16(25)26)6-15-23-18-17(22)12(20)7-13(21)19(18)27-15/h2-5,7H,6,8H2,1H3,(H,25,26). The Balaban J connectivity index is 1.86.